The fourth-order valence-corrected chi connectivity index (χ4v) is 4.76. The molecular formula is C17H17N3O5S2. The Labute approximate surface area is 163 Å². The van der Waals surface area contributed by atoms with Crippen LogP contribution in [0.4, 0.5) is 11.4 Å². The first kappa shape index (κ1) is 19.2. The first-order chi connectivity index (χ1) is 12.9. The van der Waals surface area contributed by atoms with Gasteiger partial charge in [0.2, 0.25) is 5.91 Å². The van der Waals surface area contributed by atoms with E-state index < -0.39 is 11.0 Å². The lowest BCUT2D eigenvalue weighted by Gasteiger charge is -2.22. The third-order valence-corrected chi connectivity index (χ3v) is 6.14. The van der Waals surface area contributed by atoms with Crippen LogP contribution in [0, 0.1) is 17.0 Å². The molecule has 1 aliphatic heterocycles. The van der Waals surface area contributed by atoms with Crippen molar-refractivity contribution in [3.63, 3.8) is 0 Å². The zero-order valence-electron chi connectivity index (χ0n) is 14.6. The number of anilines is 1. The standard InChI is InChI=1S/C17H17N3O5S2/c1-10-13(20(23)24)7-15(27-10)17(22)19-9-26-8-14(19)16(21)18-11-3-5-12(25-2)6-4-11/h3-7,14H,8-9H2,1-2H3,(H,18,21)/t14-/m0/s1. The molecule has 1 aliphatic rings. The van der Waals surface area contributed by atoms with Crippen molar-refractivity contribution >= 4 is 46.3 Å². The number of nitrogens with zero attached hydrogens (tertiary/aromatic N) is 2. The molecule has 0 spiro atoms. The number of methoxy groups -OCH3 is 1. The summed E-state index contributed by atoms with van der Waals surface area (Å²) in [6, 6.07) is 7.55. The molecule has 0 saturated carbocycles. The molecule has 0 bridgehead atoms. The molecule has 142 valence electrons. The van der Waals surface area contributed by atoms with Gasteiger partial charge in [-0.2, -0.15) is 0 Å². The summed E-state index contributed by atoms with van der Waals surface area (Å²) in [4.78, 5) is 38.1. The van der Waals surface area contributed by atoms with E-state index in [4.69, 9.17) is 4.74 Å². The van der Waals surface area contributed by atoms with Gasteiger partial charge in [0.1, 0.15) is 11.8 Å². The first-order valence-corrected chi connectivity index (χ1v) is 9.96. The van der Waals surface area contributed by atoms with Crippen molar-refractivity contribution in [2.45, 2.75) is 13.0 Å². The van der Waals surface area contributed by atoms with E-state index in [2.05, 4.69) is 5.32 Å². The third-order valence-electron chi connectivity index (χ3n) is 4.10. The van der Waals surface area contributed by atoms with E-state index in [-0.39, 0.29) is 22.4 Å². The second kappa shape index (κ2) is 7.97. The quantitative estimate of drug-likeness (QED) is 0.604. The maximum absolute atomic E-state index is 12.8. The van der Waals surface area contributed by atoms with Crippen LogP contribution in [-0.2, 0) is 4.79 Å². The summed E-state index contributed by atoms with van der Waals surface area (Å²) in [5.74, 6) is 0.859. The zero-order valence-corrected chi connectivity index (χ0v) is 16.3. The minimum absolute atomic E-state index is 0.0746. The van der Waals surface area contributed by atoms with Crippen molar-refractivity contribution in [3.8, 4) is 5.75 Å². The average molecular weight is 407 g/mol. The molecule has 3 rings (SSSR count). The monoisotopic (exact) mass is 407 g/mol. The second-order valence-electron chi connectivity index (χ2n) is 5.82. The average Bonchev–Trinajstić information content (AvgIpc) is 3.28. The molecule has 1 saturated heterocycles. The van der Waals surface area contributed by atoms with Crippen molar-refractivity contribution in [3.05, 3.63) is 50.2 Å². The van der Waals surface area contributed by atoms with Crippen molar-refractivity contribution in [1.29, 1.82) is 0 Å². The molecule has 1 aromatic heterocycles. The van der Waals surface area contributed by atoms with E-state index >= 15 is 0 Å². The number of hydrogen-bond acceptors (Lipinski definition) is 7. The highest BCUT2D eigenvalue weighted by Crippen LogP contribution is 2.32. The second-order valence-corrected chi connectivity index (χ2v) is 8.07. The van der Waals surface area contributed by atoms with Crippen LogP contribution < -0.4 is 10.1 Å². The molecule has 10 heteroatoms. The number of benzene rings is 1. The Morgan fingerprint density at radius 3 is 2.63 bits per heavy atom. The molecule has 0 aliphatic carbocycles. The molecule has 0 radical (unpaired) electrons. The molecule has 2 aromatic rings. The summed E-state index contributed by atoms with van der Waals surface area (Å²) >= 11 is 2.54. The lowest BCUT2D eigenvalue weighted by molar-refractivity contribution is -0.385. The van der Waals surface area contributed by atoms with Gasteiger partial charge in [-0.25, -0.2) is 0 Å². The van der Waals surface area contributed by atoms with Crippen molar-refractivity contribution in [2.75, 3.05) is 24.1 Å². The SMILES string of the molecule is COc1ccc(NC(=O)[C@@H]2CSCN2C(=O)c2cc([N+](=O)[O-])c(C)s2)cc1. The molecule has 1 atom stereocenters. The van der Waals surface area contributed by atoms with E-state index in [1.54, 1.807) is 38.3 Å². The lowest BCUT2D eigenvalue weighted by Crippen LogP contribution is -2.44. The van der Waals surface area contributed by atoms with Crippen LogP contribution >= 0.6 is 23.1 Å². The van der Waals surface area contributed by atoms with Crippen molar-refractivity contribution in [2.24, 2.45) is 0 Å². The van der Waals surface area contributed by atoms with E-state index in [1.165, 1.54) is 22.7 Å². The maximum atomic E-state index is 12.8. The number of carbonyl (C=O) groups is 2. The summed E-state index contributed by atoms with van der Waals surface area (Å²) in [6.45, 7) is 1.60. The molecule has 1 aromatic carbocycles. The van der Waals surface area contributed by atoms with Gasteiger partial charge in [-0.3, -0.25) is 19.7 Å². The maximum Gasteiger partial charge on any atom is 0.283 e. The van der Waals surface area contributed by atoms with Crippen molar-refractivity contribution < 1.29 is 19.2 Å². The minimum atomic E-state index is -0.633. The lowest BCUT2D eigenvalue weighted by atomic mass is 10.2. The first-order valence-electron chi connectivity index (χ1n) is 7.99. The highest BCUT2D eigenvalue weighted by Gasteiger charge is 2.36. The van der Waals surface area contributed by atoms with Gasteiger partial charge in [0, 0.05) is 17.5 Å². The van der Waals surface area contributed by atoms with E-state index in [0.717, 1.165) is 11.3 Å². The number of rotatable bonds is 5. The fraction of sp³-hybridized carbons (Fsp3) is 0.294. The number of thioether (sulfide) groups is 1. The number of aryl methyl sites for hydroxylation is 1. The molecule has 27 heavy (non-hydrogen) atoms. The Kier molecular flexibility index (Phi) is 5.66. The molecule has 0 unspecified atom stereocenters. The Balaban J connectivity index is 1.73. The Bertz CT molecular complexity index is 881. The van der Waals surface area contributed by atoms with Crippen LogP contribution in [0.15, 0.2) is 30.3 Å². The van der Waals surface area contributed by atoms with Crippen LogP contribution in [0.3, 0.4) is 0 Å². The van der Waals surface area contributed by atoms with Gasteiger partial charge < -0.3 is 15.0 Å². The van der Waals surface area contributed by atoms with Gasteiger partial charge in [0.15, 0.2) is 0 Å². The Hall–Kier alpha value is -2.59. The normalized spacial score (nSPS) is 16.2. The largest absolute Gasteiger partial charge is 0.497 e. The van der Waals surface area contributed by atoms with Crippen LogP contribution in [0.25, 0.3) is 0 Å². The Morgan fingerprint density at radius 2 is 2.04 bits per heavy atom. The summed E-state index contributed by atoms with van der Waals surface area (Å²) in [6.07, 6.45) is 0. The van der Waals surface area contributed by atoms with Crippen molar-refractivity contribution in [1.82, 2.24) is 4.90 Å². The smallest absolute Gasteiger partial charge is 0.283 e. The minimum Gasteiger partial charge on any atom is -0.497 e. The number of carbonyl (C=O) groups excluding carboxylic acids is 2. The molecule has 8 nitrogen and oxygen atoms in total. The topological polar surface area (TPSA) is 102 Å². The summed E-state index contributed by atoms with van der Waals surface area (Å²) in [5.41, 5.74) is 0.530. The van der Waals surface area contributed by atoms with Gasteiger partial charge in [-0.1, -0.05) is 0 Å². The predicted octanol–water partition coefficient (Wildman–Crippen LogP) is 3.13. The number of hydrogen-bond donors (Lipinski definition) is 1. The van der Waals surface area contributed by atoms with Crippen LogP contribution in [0.1, 0.15) is 14.5 Å². The summed E-state index contributed by atoms with van der Waals surface area (Å²) in [7, 11) is 1.56. The van der Waals surface area contributed by atoms with Crippen LogP contribution in [0.5, 0.6) is 5.75 Å². The van der Waals surface area contributed by atoms with Crippen LogP contribution in [-0.4, -0.2) is 46.4 Å². The number of nitrogens with one attached hydrogen (secondary N) is 1. The Morgan fingerprint density at radius 1 is 1.33 bits per heavy atom. The molecule has 2 heterocycles. The van der Waals surface area contributed by atoms with E-state index in [9.17, 15) is 19.7 Å². The molecular weight excluding hydrogens is 390 g/mol. The summed E-state index contributed by atoms with van der Waals surface area (Å²) < 4.78 is 5.08. The highest BCUT2D eigenvalue weighted by molar-refractivity contribution is 7.99. The fourth-order valence-electron chi connectivity index (χ4n) is 2.66. The zero-order chi connectivity index (χ0) is 19.6. The van der Waals surface area contributed by atoms with Gasteiger partial charge in [0.25, 0.3) is 11.6 Å². The summed E-state index contributed by atoms with van der Waals surface area (Å²) in [5, 5.41) is 13.8. The van der Waals surface area contributed by atoms with Crippen LogP contribution in [0.2, 0.25) is 0 Å². The number of amides is 2. The van der Waals surface area contributed by atoms with E-state index in [1.807, 2.05) is 0 Å². The van der Waals surface area contributed by atoms with Gasteiger partial charge in [-0.15, -0.1) is 23.1 Å². The molecule has 1 fully saturated rings. The third kappa shape index (κ3) is 4.06. The highest BCUT2D eigenvalue weighted by atomic mass is 32.2. The number of thiophene rings is 1. The van der Waals surface area contributed by atoms with E-state index in [0.29, 0.717) is 27.9 Å². The van der Waals surface area contributed by atoms with Gasteiger partial charge in [0.05, 0.1) is 27.7 Å². The van der Waals surface area contributed by atoms with Gasteiger partial charge >= 0.3 is 0 Å². The number of ether oxygens (including phenoxy) is 1. The predicted molar refractivity (Wildman–Crippen MR) is 105 cm³/mol. The molecule has 1 N–H and O–H groups in total. The molecule has 2 amide bonds. The van der Waals surface area contributed by atoms with Gasteiger partial charge in [-0.05, 0) is 31.2 Å². The number of nitro groups is 1.